The van der Waals surface area contributed by atoms with E-state index in [0.717, 1.165) is 0 Å². The zero-order valence-electron chi connectivity index (χ0n) is 21.0. The van der Waals surface area contributed by atoms with Gasteiger partial charge in [-0.1, -0.05) is 42.2 Å². The Morgan fingerprint density at radius 1 is 1.08 bits per heavy atom. The van der Waals surface area contributed by atoms with Crippen LogP contribution in [0.25, 0.3) is 11.7 Å². The lowest BCUT2D eigenvalue weighted by Gasteiger charge is -2.37. The first kappa shape index (κ1) is 26.3. The van der Waals surface area contributed by atoms with Gasteiger partial charge in [0.1, 0.15) is 21.6 Å². The molecule has 8 nitrogen and oxygen atoms in total. The molecule has 0 spiro atoms. The van der Waals surface area contributed by atoms with Crippen LogP contribution in [0.15, 0.2) is 58.4 Å². The van der Waals surface area contributed by atoms with Crippen molar-refractivity contribution >= 4 is 57.4 Å². The SMILES string of the molecule is CCOCCCN1C(=O)C(=Cc2c(N3CCN(c4ccccc4F)CC3)nc3ccccn3c2=O)SC1=S. The Bertz CT molecular complexity index is 1450. The van der Waals surface area contributed by atoms with Crippen LogP contribution >= 0.6 is 24.0 Å². The Morgan fingerprint density at radius 2 is 1.82 bits per heavy atom. The average Bonchev–Trinajstić information content (AvgIpc) is 3.20. The van der Waals surface area contributed by atoms with E-state index in [1.54, 1.807) is 41.4 Å². The number of aromatic nitrogens is 2. The number of amides is 1. The lowest BCUT2D eigenvalue weighted by atomic mass is 10.2. The van der Waals surface area contributed by atoms with Gasteiger partial charge >= 0.3 is 0 Å². The molecule has 198 valence electrons. The van der Waals surface area contributed by atoms with E-state index in [9.17, 15) is 14.0 Å². The normalized spacial score (nSPS) is 17.3. The maximum absolute atomic E-state index is 14.4. The average molecular weight is 554 g/mol. The fourth-order valence-corrected chi connectivity index (χ4v) is 5.91. The van der Waals surface area contributed by atoms with Gasteiger partial charge in [0.25, 0.3) is 11.5 Å². The van der Waals surface area contributed by atoms with Gasteiger partial charge in [-0.05, 0) is 43.7 Å². The molecule has 3 aromatic rings. The topological polar surface area (TPSA) is 70.4 Å². The maximum atomic E-state index is 14.4. The van der Waals surface area contributed by atoms with Crippen molar-refractivity contribution in [2.45, 2.75) is 13.3 Å². The second-order valence-corrected chi connectivity index (χ2v) is 10.6. The number of hydrogen-bond acceptors (Lipinski definition) is 8. The number of thiocarbonyl (C=S) groups is 1. The summed E-state index contributed by atoms with van der Waals surface area (Å²) in [6.07, 6.45) is 3.96. The first-order chi connectivity index (χ1) is 18.5. The number of hydrogen-bond donors (Lipinski definition) is 0. The van der Waals surface area contributed by atoms with Crippen molar-refractivity contribution in [2.75, 3.05) is 55.7 Å². The number of anilines is 2. The molecule has 0 radical (unpaired) electrons. The predicted molar refractivity (Wildman–Crippen MR) is 153 cm³/mol. The second kappa shape index (κ2) is 11.6. The summed E-state index contributed by atoms with van der Waals surface area (Å²) in [5.41, 5.74) is 1.16. The molecule has 0 aliphatic carbocycles. The zero-order chi connectivity index (χ0) is 26.6. The van der Waals surface area contributed by atoms with E-state index >= 15 is 0 Å². The molecule has 0 saturated carbocycles. The number of rotatable bonds is 8. The maximum Gasteiger partial charge on any atom is 0.267 e. The van der Waals surface area contributed by atoms with Crippen LogP contribution in [0.3, 0.4) is 0 Å². The largest absolute Gasteiger partial charge is 0.382 e. The number of pyridine rings is 1. The van der Waals surface area contributed by atoms with E-state index in [-0.39, 0.29) is 17.3 Å². The summed E-state index contributed by atoms with van der Waals surface area (Å²) in [6, 6.07) is 12.1. The molecular weight excluding hydrogens is 525 g/mol. The molecule has 5 rings (SSSR count). The Balaban J connectivity index is 1.45. The third kappa shape index (κ3) is 5.31. The standard InChI is InChI=1S/C27H28FN5O3S2/c1-2-36-17-7-12-33-26(35)22(38-27(33)37)18-19-24(29-23-10-5-6-11-32(23)25(19)34)31-15-13-30(14-16-31)21-9-4-3-8-20(21)28/h3-6,8-11,18H,2,7,12-17H2,1H3. The molecule has 0 bridgehead atoms. The quantitative estimate of drug-likeness (QED) is 0.237. The fraction of sp³-hybridized carbons (Fsp3) is 0.333. The summed E-state index contributed by atoms with van der Waals surface area (Å²) in [7, 11) is 0. The number of piperazine rings is 1. The van der Waals surface area contributed by atoms with Crippen LogP contribution in [0, 0.1) is 5.82 Å². The Morgan fingerprint density at radius 3 is 2.58 bits per heavy atom. The minimum atomic E-state index is -0.260. The minimum absolute atomic E-state index is 0.218. The van der Waals surface area contributed by atoms with Crippen LogP contribution in [0.5, 0.6) is 0 Å². The highest BCUT2D eigenvalue weighted by Crippen LogP contribution is 2.34. The Hall–Kier alpha value is -3.28. The van der Waals surface area contributed by atoms with Gasteiger partial charge < -0.3 is 14.5 Å². The summed E-state index contributed by atoms with van der Waals surface area (Å²) >= 11 is 6.66. The molecule has 2 saturated heterocycles. The van der Waals surface area contributed by atoms with Crippen molar-refractivity contribution in [1.82, 2.24) is 14.3 Å². The third-order valence-electron chi connectivity index (χ3n) is 6.54. The van der Waals surface area contributed by atoms with Crippen LogP contribution in [0.1, 0.15) is 18.9 Å². The highest BCUT2D eigenvalue weighted by atomic mass is 32.2. The van der Waals surface area contributed by atoms with Crippen LogP contribution < -0.4 is 15.4 Å². The number of ether oxygens (including phenoxy) is 1. The smallest absolute Gasteiger partial charge is 0.267 e. The van der Waals surface area contributed by atoms with Crippen molar-refractivity contribution in [2.24, 2.45) is 0 Å². The van der Waals surface area contributed by atoms with Gasteiger partial charge in [0.15, 0.2) is 0 Å². The molecule has 0 unspecified atom stereocenters. The van der Waals surface area contributed by atoms with E-state index < -0.39 is 0 Å². The number of carbonyl (C=O) groups excluding carboxylic acids is 1. The molecule has 1 amide bonds. The van der Waals surface area contributed by atoms with E-state index in [4.69, 9.17) is 21.9 Å². The highest BCUT2D eigenvalue weighted by Gasteiger charge is 2.33. The molecule has 38 heavy (non-hydrogen) atoms. The van der Waals surface area contributed by atoms with Crippen molar-refractivity contribution in [3.05, 3.63) is 75.3 Å². The molecule has 2 aliphatic heterocycles. The first-order valence-corrected chi connectivity index (χ1v) is 13.8. The number of thioether (sulfide) groups is 1. The molecule has 11 heteroatoms. The van der Waals surface area contributed by atoms with Crippen LogP contribution in [0.4, 0.5) is 15.9 Å². The van der Waals surface area contributed by atoms with Crippen LogP contribution in [-0.2, 0) is 9.53 Å². The van der Waals surface area contributed by atoms with Gasteiger partial charge in [0, 0.05) is 52.1 Å². The third-order valence-corrected chi connectivity index (χ3v) is 7.92. The molecule has 2 aromatic heterocycles. The monoisotopic (exact) mass is 553 g/mol. The van der Waals surface area contributed by atoms with Gasteiger partial charge in [-0.15, -0.1) is 0 Å². The lowest BCUT2D eigenvalue weighted by Crippen LogP contribution is -2.47. The summed E-state index contributed by atoms with van der Waals surface area (Å²) in [5, 5.41) is 0. The number of para-hydroxylation sites is 1. The first-order valence-electron chi connectivity index (χ1n) is 12.6. The van der Waals surface area contributed by atoms with Crippen LogP contribution in [0.2, 0.25) is 0 Å². The van der Waals surface area contributed by atoms with Crippen molar-refractivity contribution in [3.63, 3.8) is 0 Å². The predicted octanol–water partition coefficient (Wildman–Crippen LogP) is 3.79. The molecule has 2 fully saturated rings. The molecule has 2 aliphatic rings. The van der Waals surface area contributed by atoms with Crippen molar-refractivity contribution in [3.8, 4) is 0 Å². The number of carbonyl (C=O) groups is 1. The van der Waals surface area contributed by atoms with Gasteiger partial charge in [-0.3, -0.25) is 18.9 Å². The second-order valence-electron chi connectivity index (χ2n) is 8.89. The van der Waals surface area contributed by atoms with E-state index in [1.165, 1.54) is 22.2 Å². The highest BCUT2D eigenvalue weighted by molar-refractivity contribution is 8.26. The summed E-state index contributed by atoms with van der Waals surface area (Å²) in [6.45, 7) is 5.78. The minimum Gasteiger partial charge on any atom is -0.382 e. The van der Waals surface area contributed by atoms with Gasteiger partial charge in [0.05, 0.1) is 16.2 Å². The number of fused-ring (bicyclic) bond motifs is 1. The van der Waals surface area contributed by atoms with E-state index in [0.29, 0.717) is 84.3 Å². The molecule has 0 atom stereocenters. The summed E-state index contributed by atoms with van der Waals surface area (Å²) in [4.78, 5) is 37.6. The van der Waals surface area contributed by atoms with Crippen molar-refractivity contribution in [1.29, 1.82) is 0 Å². The Labute approximate surface area is 229 Å². The zero-order valence-corrected chi connectivity index (χ0v) is 22.6. The van der Waals surface area contributed by atoms with Gasteiger partial charge in [-0.25, -0.2) is 9.37 Å². The van der Waals surface area contributed by atoms with E-state index in [2.05, 4.69) is 0 Å². The summed E-state index contributed by atoms with van der Waals surface area (Å²) < 4.78 is 21.7. The number of nitrogens with zero attached hydrogens (tertiary/aromatic N) is 5. The van der Waals surface area contributed by atoms with E-state index in [1.807, 2.05) is 28.9 Å². The van der Waals surface area contributed by atoms with Gasteiger partial charge in [0.2, 0.25) is 0 Å². The van der Waals surface area contributed by atoms with Crippen LogP contribution in [-0.4, -0.2) is 70.4 Å². The summed E-state index contributed by atoms with van der Waals surface area (Å²) in [5.74, 6) is 0.0346. The number of halogens is 1. The number of benzene rings is 1. The Kier molecular flexibility index (Phi) is 8.06. The van der Waals surface area contributed by atoms with Crippen molar-refractivity contribution < 1.29 is 13.9 Å². The lowest BCUT2D eigenvalue weighted by molar-refractivity contribution is -0.122. The van der Waals surface area contributed by atoms with Gasteiger partial charge in [-0.2, -0.15) is 0 Å². The molecule has 0 N–H and O–H groups in total. The molecule has 1 aromatic carbocycles. The molecule has 4 heterocycles. The fourth-order valence-electron chi connectivity index (χ4n) is 4.62. The molecular formula is C27H28FN5O3S2.